The van der Waals surface area contributed by atoms with Crippen LogP contribution < -0.4 is 15.4 Å². The SMILES string of the molecule is CC(C)(C)OC(=O)[C@@H]1CCCCOc2cccc(c2)C[C@H](N2CCCC2=O)C(=O)N[C@@H](CCc2ccc(F)cc2)C(=O)N1. The van der Waals surface area contributed by atoms with Gasteiger partial charge in [-0.15, -0.1) is 0 Å². The predicted molar refractivity (Wildman–Crippen MR) is 159 cm³/mol. The molecule has 2 aliphatic heterocycles. The second-order valence-corrected chi connectivity index (χ2v) is 12.2. The normalized spacial score (nSPS) is 22.4. The Morgan fingerprint density at radius 1 is 1.02 bits per heavy atom. The summed E-state index contributed by atoms with van der Waals surface area (Å²) in [6.07, 6.45) is 3.41. The summed E-state index contributed by atoms with van der Waals surface area (Å²) in [5, 5.41) is 5.72. The van der Waals surface area contributed by atoms with Crippen molar-refractivity contribution in [1.29, 1.82) is 0 Å². The summed E-state index contributed by atoms with van der Waals surface area (Å²) < 4.78 is 25.0. The van der Waals surface area contributed by atoms with Crippen LogP contribution in [0, 0.1) is 5.82 Å². The number of amides is 3. The van der Waals surface area contributed by atoms with Gasteiger partial charge in [0.05, 0.1) is 6.61 Å². The van der Waals surface area contributed by atoms with E-state index in [1.54, 1.807) is 37.8 Å². The highest BCUT2D eigenvalue weighted by Crippen LogP contribution is 2.22. The summed E-state index contributed by atoms with van der Waals surface area (Å²) in [6.45, 7) is 6.13. The number of hydrogen-bond donors (Lipinski definition) is 2. The number of carbonyl (C=O) groups is 4. The summed E-state index contributed by atoms with van der Waals surface area (Å²) in [6, 6.07) is 10.6. The van der Waals surface area contributed by atoms with Gasteiger partial charge in [0.15, 0.2) is 0 Å². The second-order valence-electron chi connectivity index (χ2n) is 12.2. The van der Waals surface area contributed by atoms with Gasteiger partial charge in [0, 0.05) is 19.4 Å². The van der Waals surface area contributed by atoms with Gasteiger partial charge < -0.3 is 25.0 Å². The third-order valence-corrected chi connectivity index (χ3v) is 7.55. The number of nitrogens with one attached hydrogen (secondary N) is 2. The van der Waals surface area contributed by atoms with Crippen LogP contribution >= 0.6 is 0 Å². The fourth-order valence-corrected chi connectivity index (χ4v) is 5.36. The first-order valence-corrected chi connectivity index (χ1v) is 15.1. The van der Waals surface area contributed by atoms with Crippen LogP contribution in [0.3, 0.4) is 0 Å². The van der Waals surface area contributed by atoms with Crippen molar-refractivity contribution >= 4 is 23.7 Å². The maximum atomic E-state index is 13.9. The zero-order chi connectivity index (χ0) is 31.0. The Morgan fingerprint density at radius 2 is 1.79 bits per heavy atom. The fourth-order valence-electron chi connectivity index (χ4n) is 5.36. The van der Waals surface area contributed by atoms with Gasteiger partial charge in [-0.05, 0) is 94.7 Å². The predicted octanol–water partition coefficient (Wildman–Crippen LogP) is 3.87. The molecule has 0 spiro atoms. The zero-order valence-electron chi connectivity index (χ0n) is 25.2. The summed E-state index contributed by atoms with van der Waals surface area (Å²) in [5.74, 6) is -1.36. The van der Waals surface area contributed by atoms with Gasteiger partial charge in [0.2, 0.25) is 17.7 Å². The van der Waals surface area contributed by atoms with Crippen molar-refractivity contribution in [3.8, 4) is 5.75 Å². The lowest BCUT2D eigenvalue weighted by molar-refractivity contribution is -0.159. The van der Waals surface area contributed by atoms with Crippen LogP contribution in [0.25, 0.3) is 0 Å². The Bertz CT molecular complexity index is 1290. The molecule has 2 aliphatic rings. The molecule has 43 heavy (non-hydrogen) atoms. The monoisotopic (exact) mass is 595 g/mol. The Hall–Kier alpha value is -3.95. The van der Waals surface area contributed by atoms with Gasteiger partial charge in [0.1, 0.15) is 35.3 Å². The quantitative estimate of drug-likeness (QED) is 0.508. The maximum absolute atomic E-state index is 13.9. The fraction of sp³-hybridized carbons (Fsp3) is 0.515. The molecule has 1 fully saturated rings. The first-order chi connectivity index (χ1) is 20.5. The standard InChI is InChI=1S/C33H42FN3O6/c1-33(2,3)43-32(41)27-10-4-5-19-42-25-9-6-8-23(20-25)21-28(37-18-7-11-29(37)38)31(40)35-26(30(39)36-27)17-14-22-12-15-24(34)16-13-22/h6,8-9,12-13,15-16,20,26-28H,4-5,7,10-11,14,17-19,21H2,1-3H3,(H,35,40)(H,36,39)/t26-,27-,28-/m0/s1. The van der Waals surface area contributed by atoms with Crippen LogP contribution in [-0.2, 0) is 36.8 Å². The largest absolute Gasteiger partial charge is 0.494 e. The molecule has 0 radical (unpaired) electrons. The van der Waals surface area contributed by atoms with Crippen molar-refractivity contribution in [1.82, 2.24) is 15.5 Å². The molecular formula is C33H42FN3O6. The van der Waals surface area contributed by atoms with Crippen LogP contribution in [-0.4, -0.2) is 65.5 Å². The van der Waals surface area contributed by atoms with E-state index in [0.29, 0.717) is 57.4 Å². The van der Waals surface area contributed by atoms with E-state index in [0.717, 1.165) is 11.1 Å². The first-order valence-electron chi connectivity index (χ1n) is 15.1. The zero-order valence-corrected chi connectivity index (χ0v) is 25.2. The molecule has 1 saturated heterocycles. The van der Waals surface area contributed by atoms with E-state index in [2.05, 4.69) is 10.6 Å². The van der Waals surface area contributed by atoms with Gasteiger partial charge in [-0.3, -0.25) is 14.4 Å². The van der Waals surface area contributed by atoms with E-state index in [1.165, 1.54) is 12.1 Å². The molecule has 9 nitrogen and oxygen atoms in total. The topological polar surface area (TPSA) is 114 Å². The van der Waals surface area contributed by atoms with E-state index >= 15 is 0 Å². The van der Waals surface area contributed by atoms with Gasteiger partial charge >= 0.3 is 5.97 Å². The van der Waals surface area contributed by atoms with Crippen molar-refractivity contribution in [2.45, 2.75) is 95.9 Å². The molecule has 10 heteroatoms. The van der Waals surface area contributed by atoms with E-state index < -0.39 is 41.5 Å². The maximum Gasteiger partial charge on any atom is 0.329 e. The van der Waals surface area contributed by atoms with E-state index in [9.17, 15) is 23.6 Å². The minimum Gasteiger partial charge on any atom is -0.494 e. The van der Waals surface area contributed by atoms with Crippen molar-refractivity contribution in [2.75, 3.05) is 13.2 Å². The molecule has 0 aromatic heterocycles. The second kappa shape index (κ2) is 14.5. The Morgan fingerprint density at radius 3 is 2.49 bits per heavy atom. The number of carbonyl (C=O) groups excluding carboxylic acids is 4. The Labute approximate surface area is 252 Å². The number of ether oxygens (including phenoxy) is 2. The number of hydrogen-bond acceptors (Lipinski definition) is 6. The van der Waals surface area contributed by atoms with Crippen molar-refractivity contribution < 1.29 is 33.0 Å². The number of halogens is 1. The Kier molecular flexibility index (Phi) is 10.8. The van der Waals surface area contributed by atoms with Gasteiger partial charge in [-0.1, -0.05) is 24.3 Å². The highest BCUT2D eigenvalue weighted by Gasteiger charge is 2.36. The first kappa shape index (κ1) is 32.0. The summed E-state index contributed by atoms with van der Waals surface area (Å²) in [4.78, 5) is 55.1. The number of nitrogens with zero attached hydrogens (tertiary/aromatic N) is 1. The molecule has 3 amide bonds. The number of benzene rings is 2. The number of esters is 1. The number of likely N-dealkylation sites (tertiary alicyclic amines) is 1. The molecule has 2 aromatic rings. The molecule has 0 unspecified atom stereocenters. The van der Waals surface area contributed by atoms with E-state index in [1.807, 2.05) is 24.3 Å². The molecule has 232 valence electrons. The molecule has 0 saturated carbocycles. The number of aryl methyl sites for hydroxylation is 1. The third kappa shape index (κ3) is 9.53. The number of rotatable bonds is 5. The third-order valence-electron chi connectivity index (χ3n) is 7.55. The van der Waals surface area contributed by atoms with Crippen LogP contribution in [0.2, 0.25) is 0 Å². The lowest BCUT2D eigenvalue weighted by atomic mass is 10.0. The van der Waals surface area contributed by atoms with E-state index in [-0.39, 0.29) is 24.6 Å². The highest BCUT2D eigenvalue weighted by molar-refractivity contribution is 5.94. The molecule has 2 bridgehead atoms. The van der Waals surface area contributed by atoms with Crippen LogP contribution in [0.4, 0.5) is 4.39 Å². The summed E-state index contributed by atoms with van der Waals surface area (Å²) >= 11 is 0. The molecule has 4 rings (SSSR count). The van der Waals surface area contributed by atoms with E-state index in [4.69, 9.17) is 9.47 Å². The van der Waals surface area contributed by atoms with Gasteiger partial charge in [-0.2, -0.15) is 0 Å². The lowest BCUT2D eigenvalue weighted by Crippen LogP contribution is -2.57. The molecule has 3 atom stereocenters. The molecule has 2 N–H and O–H groups in total. The molecule has 0 aliphatic carbocycles. The highest BCUT2D eigenvalue weighted by atomic mass is 19.1. The van der Waals surface area contributed by atoms with Crippen LogP contribution in [0.1, 0.15) is 70.4 Å². The van der Waals surface area contributed by atoms with Crippen LogP contribution in [0.15, 0.2) is 48.5 Å². The van der Waals surface area contributed by atoms with Crippen molar-refractivity contribution in [2.24, 2.45) is 0 Å². The average molecular weight is 596 g/mol. The molecule has 2 heterocycles. The summed E-state index contributed by atoms with van der Waals surface area (Å²) in [7, 11) is 0. The summed E-state index contributed by atoms with van der Waals surface area (Å²) in [5.41, 5.74) is 0.876. The minimum absolute atomic E-state index is 0.112. The average Bonchev–Trinajstić information content (AvgIpc) is 3.37. The number of fused-ring (bicyclic) bond motifs is 2. The van der Waals surface area contributed by atoms with Gasteiger partial charge in [-0.25, -0.2) is 9.18 Å². The molecular weight excluding hydrogens is 553 g/mol. The minimum atomic E-state index is -1.01. The Balaban J connectivity index is 1.64. The lowest BCUT2D eigenvalue weighted by Gasteiger charge is -2.30. The van der Waals surface area contributed by atoms with Crippen molar-refractivity contribution in [3.63, 3.8) is 0 Å². The smallest absolute Gasteiger partial charge is 0.329 e. The molecule has 2 aromatic carbocycles. The van der Waals surface area contributed by atoms with Crippen LogP contribution in [0.5, 0.6) is 5.75 Å². The van der Waals surface area contributed by atoms with Crippen molar-refractivity contribution in [3.05, 3.63) is 65.5 Å². The van der Waals surface area contributed by atoms with Gasteiger partial charge in [0.25, 0.3) is 0 Å².